The molecule has 0 spiro atoms. The van der Waals surface area contributed by atoms with Crippen LogP contribution in [0.3, 0.4) is 0 Å². The van der Waals surface area contributed by atoms with Gasteiger partial charge in [0, 0.05) is 25.0 Å². The van der Waals surface area contributed by atoms with Gasteiger partial charge in [0.25, 0.3) is 6.20 Å². The van der Waals surface area contributed by atoms with E-state index >= 15 is 0 Å². The van der Waals surface area contributed by atoms with Gasteiger partial charge >= 0.3 is 0 Å². The van der Waals surface area contributed by atoms with Crippen molar-refractivity contribution in [1.82, 2.24) is 20.9 Å². The highest BCUT2D eigenvalue weighted by atomic mass is 79.9. The maximum Gasteiger partial charge on any atom is 0.274 e. The lowest BCUT2D eigenvalue weighted by atomic mass is 10.3. The van der Waals surface area contributed by atoms with Crippen LogP contribution < -0.4 is 16.0 Å². The van der Waals surface area contributed by atoms with Gasteiger partial charge in [0.2, 0.25) is 5.84 Å². The monoisotopic (exact) mass is 475 g/mol. The van der Waals surface area contributed by atoms with Crippen molar-refractivity contribution in [2.75, 3.05) is 24.7 Å². The molecule has 1 heterocycles. The molecule has 1 aromatic heterocycles. The van der Waals surface area contributed by atoms with Crippen LogP contribution >= 0.6 is 27.7 Å². The Bertz CT molecular complexity index is 892. The lowest BCUT2D eigenvalue weighted by Gasteiger charge is -2.08. The number of nitro groups is 1. The number of hydrogen-bond acceptors (Lipinski definition) is 10. The van der Waals surface area contributed by atoms with Gasteiger partial charge in [-0.1, -0.05) is 16.9 Å². The van der Waals surface area contributed by atoms with Gasteiger partial charge in [-0.05, 0) is 44.4 Å². The predicted octanol–water partition coefficient (Wildman–Crippen LogP) is 2.20. The summed E-state index contributed by atoms with van der Waals surface area (Å²) in [6.07, 6.45) is 0.815. The molecule has 1 aromatic carbocycles. The van der Waals surface area contributed by atoms with Crippen LogP contribution in [0.5, 0.6) is 0 Å². The number of amidine groups is 1. The Morgan fingerprint density at radius 1 is 1.54 bits per heavy atom. The first-order valence-electron chi connectivity index (χ1n) is 7.61. The highest BCUT2D eigenvalue weighted by Crippen LogP contribution is 2.23. The van der Waals surface area contributed by atoms with Crippen molar-refractivity contribution in [1.29, 1.82) is 0 Å². The maximum absolute atomic E-state index is 13.3. The van der Waals surface area contributed by atoms with E-state index in [9.17, 15) is 19.7 Å². The number of oxime groups is 1. The van der Waals surface area contributed by atoms with Gasteiger partial charge in [-0.2, -0.15) is 0 Å². The van der Waals surface area contributed by atoms with Crippen molar-refractivity contribution < 1.29 is 19.2 Å². The normalized spacial score (nSPS) is 12.0. The fraction of sp³-hybridized carbons (Fsp3) is 0.214. The number of nitrogens with zero attached hydrogens (tertiary/aromatic N) is 4. The summed E-state index contributed by atoms with van der Waals surface area (Å²) >= 11 is 4.30. The van der Waals surface area contributed by atoms with Crippen LogP contribution in [0, 0.1) is 15.9 Å². The Morgan fingerprint density at radius 2 is 2.32 bits per heavy atom. The lowest BCUT2D eigenvalue weighted by Crippen LogP contribution is -2.26. The topological polar surface area (TPSA) is 151 Å². The third-order valence-corrected chi connectivity index (χ3v) is 4.68. The van der Waals surface area contributed by atoms with Crippen molar-refractivity contribution in [3.05, 3.63) is 56.3 Å². The Hall–Kier alpha value is -2.87. The number of thioether (sulfide) groups is 1. The molecular weight excluding hydrogens is 461 g/mol. The molecule has 0 aliphatic heterocycles. The zero-order valence-electron chi connectivity index (χ0n) is 14.3. The van der Waals surface area contributed by atoms with Crippen LogP contribution in [0.2, 0.25) is 0 Å². The van der Waals surface area contributed by atoms with Gasteiger partial charge in [0.15, 0.2) is 16.5 Å². The summed E-state index contributed by atoms with van der Waals surface area (Å²) in [5.74, 6) is 0.232. The van der Waals surface area contributed by atoms with Crippen LogP contribution in [0.4, 0.5) is 10.1 Å². The number of nitrogens with one attached hydrogen (secondary N) is 3. The molecule has 28 heavy (non-hydrogen) atoms. The molecule has 11 nitrogen and oxygen atoms in total. The van der Waals surface area contributed by atoms with E-state index < -0.39 is 10.7 Å². The van der Waals surface area contributed by atoms with Crippen LogP contribution in [-0.2, 0) is 0 Å². The zero-order valence-corrected chi connectivity index (χ0v) is 16.8. The highest BCUT2D eigenvalue weighted by molar-refractivity contribution is 9.10. The lowest BCUT2D eigenvalue weighted by molar-refractivity contribution is -0.404. The highest BCUT2D eigenvalue weighted by Gasteiger charge is 2.18. The molecule has 0 amide bonds. The third-order valence-electron chi connectivity index (χ3n) is 3.13. The number of benzene rings is 1. The number of anilines is 1. The molecule has 0 radical (unpaired) electrons. The van der Waals surface area contributed by atoms with Gasteiger partial charge in [-0.25, -0.2) is 9.02 Å². The second-order valence-electron chi connectivity index (χ2n) is 4.97. The summed E-state index contributed by atoms with van der Waals surface area (Å²) < 4.78 is 18.3. The van der Waals surface area contributed by atoms with Crippen LogP contribution in [0.1, 0.15) is 5.69 Å². The Morgan fingerprint density at radius 3 is 2.96 bits per heavy atom. The second kappa shape index (κ2) is 10.5. The van der Waals surface area contributed by atoms with E-state index in [0.29, 0.717) is 23.0 Å². The number of hydrogen-bond donors (Lipinski definition) is 4. The van der Waals surface area contributed by atoms with E-state index in [2.05, 4.69) is 47.3 Å². The van der Waals surface area contributed by atoms with E-state index in [0.717, 1.165) is 6.20 Å². The van der Waals surface area contributed by atoms with E-state index in [1.165, 1.54) is 30.0 Å². The smallest absolute Gasteiger partial charge is 0.274 e. The molecule has 0 saturated heterocycles. The van der Waals surface area contributed by atoms with Gasteiger partial charge in [0.05, 0.1) is 9.40 Å². The molecule has 0 bridgehead atoms. The molecule has 4 N–H and O–H groups in total. The number of halogens is 2. The van der Waals surface area contributed by atoms with Crippen molar-refractivity contribution in [3.63, 3.8) is 0 Å². The predicted molar refractivity (Wildman–Crippen MR) is 103 cm³/mol. The average Bonchev–Trinajstić information content (AvgIpc) is 3.13. The minimum absolute atomic E-state index is 0.0422. The summed E-state index contributed by atoms with van der Waals surface area (Å²) in [6, 6.07) is 4.16. The van der Waals surface area contributed by atoms with E-state index in [-0.39, 0.29) is 21.8 Å². The van der Waals surface area contributed by atoms with Gasteiger partial charge in [0.1, 0.15) is 5.82 Å². The molecule has 150 valence electrons. The molecule has 2 rings (SSSR count). The molecule has 0 aliphatic carbocycles. The average molecular weight is 476 g/mol. The summed E-state index contributed by atoms with van der Waals surface area (Å²) in [4.78, 5) is 9.90. The van der Waals surface area contributed by atoms with Crippen molar-refractivity contribution in [2.24, 2.45) is 5.16 Å². The molecular formula is C14H15BrFN7O4S. The van der Waals surface area contributed by atoms with Gasteiger partial charge in [-0.15, -0.1) is 0 Å². The first-order chi connectivity index (χ1) is 13.4. The second-order valence-corrected chi connectivity index (χ2v) is 6.91. The quantitative estimate of drug-likeness (QED) is 0.0807. The molecule has 14 heteroatoms. The summed E-state index contributed by atoms with van der Waals surface area (Å²) in [5, 5.41) is 39.0. The molecule has 0 aliphatic rings. The first-order valence-corrected chi connectivity index (χ1v) is 9.39. The molecule has 0 unspecified atom stereocenters. The Balaban J connectivity index is 1.99. The van der Waals surface area contributed by atoms with Gasteiger partial charge < -0.3 is 21.2 Å². The summed E-state index contributed by atoms with van der Waals surface area (Å²) in [5.41, 5.74) is 0.605. The molecule has 2 aromatic rings. The van der Waals surface area contributed by atoms with Crippen molar-refractivity contribution in [3.8, 4) is 0 Å². The van der Waals surface area contributed by atoms with E-state index in [1.54, 1.807) is 7.05 Å². The van der Waals surface area contributed by atoms with Crippen LogP contribution in [0.15, 0.2) is 49.5 Å². The minimum Gasteiger partial charge on any atom is -0.409 e. The number of aromatic nitrogens is 2. The van der Waals surface area contributed by atoms with Gasteiger partial charge in [-0.3, -0.25) is 10.1 Å². The fourth-order valence-electron chi connectivity index (χ4n) is 1.90. The Kier molecular flexibility index (Phi) is 8.01. The maximum atomic E-state index is 13.3. The number of rotatable bonds is 9. The van der Waals surface area contributed by atoms with Crippen molar-refractivity contribution in [2.45, 2.75) is 5.03 Å². The minimum atomic E-state index is -0.574. The van der Waals surface area contributed by atoms with Crippen LogP contribution in [0.25, 0.3) is 0 Å². The SMILES string of the molecule is CN/C(=C\[N+](=O)[O-])NCCSc1nonc1C(=NO)Nc1ccc(F)c(Br)c1. The Labute approximate surface area is 170 Å². The standard InChI is InChI=1S/C14H15BrFN7O4S/c1-17-11(7-23(25)26)18-4-5-28-14-12(21-27-22-14)13(20-24)19-8-2-3-10(16)9(15)6-8/h2-3,6-7,17-18,24H,4-5H2,1H3,(H,19,20)/b11-7+. The van der Waals surface area contributed by atoms with Crippen molar-refractivity contribution >= 4 is 39.2 Å². The van der Waals surface area contributed by atoms with E-state index in [4.69, 9.17) is 4.63 Å². The zero-order chi connectivity index (χ0) is 20.5. The fourth-order valence-corrected chi connectivity index (χ4v) is 3.03. The third kappa shape index (κ3) is 6.09. The molecule has 0 fully saturated rings. The van der Waals surface area contributed by atoms with Crippen LogP contribution in [-0.4, -0.2) is 45.6 Å². The molecule has 0 atom stereocenters. The van der Waals surface area contributed by atoms with E-state index in [1.807, 2.05) is 0 Å². The summed E-state index contributed by atoms with van der Waals surface area (Å²) in [6.45, 7) is 0.376. The largest absolute Gasteiger partial charge is 0.409 e. The summed E-state index contributed by atoms with van der Waals surface area (Å²) in [7, 11) is 1.55. The first kappa shape index (κ1) is 21.4. The molecule has 0 saturated carbocycles.